The lowest BCUT2D eigenvalue weighted by molar-refractivity contribution is -0.121. The number of morpholine rings is 1. The summed E-state index contributed by atoms with van der Waals surface area (Å²) < 4.78 is 10.5. The topological polar surface area (TPSA) is 83.7 Å². The van der Waals surface area contributed by atoms with Gasteiger partial charge in [0, 0.05) is 24.0 Å². The number of amides is 1. The van der Waals surface area contributed by atoms with Crippen LogP contribution >= 0.6 is 0 Å². The molecule has 0 aliphatic carbocycles. The molecule has 7 heteroatoms. The van der Waals surface area contributed by atoms with Crippen LogP contribution in [-0.2, 0) is 14.3 Å². The maximum Gasteiger partial charge on any atom is 0.356 e. The number of benzene rings is 1. The largest absolute Gasteiger partial charge is 0.464 e. The second kappa shape index (κ2) is 7.47. The molecule has 26 heavy (non-hydrogen) atoms. The molecule has 2 atom stereocenters. The number of ether oxygens (including phenoxy) is 2. The van der Waals surface area contributed by atoms with Gasteiger partial charge < -0.3 is 19.8 Å². The smallest absolute Gasteiger partial charge is 0.356 e. The number of fused-ring (bicyclic) bond motifs is 1. The van der Waals surface area contributed by atoms with Crippen molar-refractivity contribution < 1.29 is 19.1 Å². The molecule has 7 nitrogen and oxygen atoms in total. The standard InChI is InChI=1S/C19H25N3O4/c1-11-5-6-15-14(7-11)17(18(20-15)19(24)25-4)21-16(23)10-22-8-12(2)26-13(3)9-22/h5-7,12-13,20H,8-10H2,1-4H3,(H,21,23). The van der Waals surface area contributed by atoms with Crippen LogP contribution in [0.1, 0.15) is 29.9 Å². The Balaban J connectivity index is 1.83. The third-order valence-corrected chi connectivity index (χ3v) is 4.47. The van der Waals surface area contributed by atoms with Crippen molar-refractivity contribution in [3.63, 3.8) is 0 Å². The maximum absolute atomic E-state index is 12.6. The Hall–Kier alpha value is -2.38. The summed E-state index contributed by atoms with van der Waals surface area (Å²) in [6.07, 6.45) is 0.181. The Bertz CT molecular complexity index is 820. The summed E-state index contributed by atoms with van der Waals surface area (Å²) >= 11 is 0. The van der Waals surface area contributed by atoms with E-state index in [4.69, 9.17) is 9.47 Å². The number of nitrogens with one attached hydrogen (secondary N) is 2. The molecular weight excluding hydrogens is 334 g/mol. The number of rotatable bonds is 4. The minimum absolute atomic E-state index is 0.0907. The Kier molecular flexibility index (Phi) is 5.29. The molecule has 0 radical (unpaired) electrons. The minimum atomic E-state index is -0.511. The van der Waals surface area contributed by atoms with Gasteiger partial charge in [0.05, 0.1) is 31.5 Å². The van der Waals surface area contributed by atoms with Crippen molar-refractivity contribution >= 4 is 28.5 Å². The SMILES string of the molecule is COC(=O)c1[nH]c2ccc(C)cc2c1NC(=O)CN1CC(C)OC(C)C1. The van der Waals surface area contributed by atoms with Crippen molar-refractivity contribution in [1.29, 1.82) is 0 Å². The summed E-state index contributed by atoms with van der Waals surface area (Å²) in [7, 11) is 1.32. The van der Waals surface area contributed by atoms with Gasteiger partial charge in [0.2, 0.25) is 5.91 Å². The van der Waals surface area contributed by atoms with Crippen molar-refractivity contribution in [2.75, 3.05) is 32.1 Å². The number of aromatic nitrogens is 1. The predicted molar refractivity (Wildman–Crippen MR) is 99.5 cm³/mol. The number of hydrogen-bond donors (Lipinski definition) is 2. The number of methoxy groups -OCH3 is 1. The summed E-state index contributed by atoms with van der Waals surface area (Å²) in [5.41, 5.74) is 2.54. The van der Waals surface area contributed by atoms with E-state index in [9.17, 15) is 9.59 Å². The first-order chi connectivity index (χ1) is 12.4. The lowest BCUT2D eigenvalue weighted by Crippen LogP contribution is -2.48. The molecule has 1 aromatic carbocycles. The van der Waals surface area contributed by atoms with Crippen molar-refractivity contribution in [3.05, 3.63) is 29.5 Å². The molecule has 1 fully saturated rings. The molecule has 140 valence electrons. The number of hydrogen-bond acceptors (Lipinski definition) is 5. The zero-order valence-electron chi connectivity index (χ0n) is 15.6. The van der Waals surface area contributed by atoms with Gasteiger partial charge in [-0.15, -0.1) is 0 Å². The van der Waals surface area contributed by atoms with Crippen LogP contribution in [0.15, 0.2) is 18.2 Å². The molecule has 2 heterocycles. The highest BCUT2D eigenvalue weighted by Crippen LogP contribution is 2.29. The fourth-order valence-electron chi connectivity index (χ4n) is 3.49. The zero-order valence-corrected chi connectivity index (χ0v) is 15.6. The number of carbonyl (C=O) groups is 2. The molecule has 0 spiro atoms. The normalized spacial score (nSPS) is 20.9. The van der Waals surface area contributed by atoms with E-state index < -0.39 is 5.97 Å². The first-order valence-electron chi connectivity index (χ1n) is 8.75. The van der Waals surface area contributed by atoms with Crippen molar-refractivity contribution in [1.82, 2.24) is 9.88 Å². The van der Waals surface area contributed by atoms with E-state index in [1.807, 2.05) is 39.0 Å². The predicted octanol–water partition coefficient (Wildman–Crippen LogP) is 2.31. The van der Waals surface area contributed by atoms with Crippen molar-refractivity contribution in [2.24, 2.45) is 0 Å². The number of H-pyrrole nitrogens is 1. The van der Waals surface area contributed by atoms with Gasteiger partial charge >= 0.3 is 5.97 Å². The van der Waals surface area contributed by atoms with Crippen LogP contribution < -0.4 is 5.32 Å². The van der Waals surface area contributed by atoms with Gasteiger partial charge in [0.1, 0.15) is 5.69 Å². The van der Waals surface area contributed by atoms with E-state index in [-0.39, 0.29) is 30.4 Å². The number of nitrogens with zero attached hydrogens (tertiary/aromatic N) is 1. The van der Waals surface area contributed by atoms with Crippen molar-refractivity contribution in [3.8, 4) is 0 Å². The molecule has 1 aliphatic heterocycles. The van der Waals surface area contributed by atoms with Crippen LogP contribution in [0.5, 0.6) is 0 Å². The summed E-state index contributed by atoms with van der Waals surface area (Å²) in [6, 6.07) is 5.77. The lowest BCUT2D eigenvalue weighted by atomic mass is 10.1. The molecule has 2 N–H and O–H groups in total. The van der Waals surface area contributed by atoms with Gasteiger partial charge in [-0.25, -0.2) is 4.79 Å². The average Bonchev–Trinajstić information content (AvgIpc) is 2.91. The summed E-state index contributed by atoms with van der Waals surface area (Å²) in [4.78, 5) is 29.8. The zero-order chi connectivity index (χ0) is 18.8. The summed E-state index contributed by atoms with van der Waals surface area (Å²) in [5, 5.41) is 3.69. The van der Waals surface area contributed by atoms with E-state index in [2.05, 4.69) is 15.2 Å². The first kappa shape index (κ1) is 18.4. The summed E-state index contributed by atoms with van der Waals surface area (Å²) in [6.45, 7) is 7.61. The van der Waals surface area contributed by atoms with Gasteiger partial charge in [-0.05, 0) is 32.9 Å². The van der Waals surface area contributed by atoms with Crippen molar-refractivity contribution in [2.45, 2.75) is 33.0 Å². The van der Waals surface area contributed by atoms with Crippen LogP contribution in [0.25, 0.3) is 10.9 Å². The average molecular weight is 359 g/mol. The minimum Gasteiger partial charge on any atom is -0.464 e. The first-order valence-corrected chi connectivity index (χ1v) is 8.75. The number of aryl methyl sites for hydroxylation is 1. The third kappa shape index (κ3) is 3.89. The van der Waals surface area contributed by atoms with E-state index >= 15 is 0 Å². The number of anilines is 1. The monoisotopic (exact) mass is 359 g/mol. The van der Waals surface area contributed by atoms with Crippen LogP contribution in [0.3, 0.4) is 0 Å². The van der Waals surface area contributed by atoms with Gasteiger partial charge in [0.15, 0.2) is 0 Å². The van der Waals surface area contributed by atoms with Gasteiger partial charge in [-0.2, -0.15) is 0 Å². The molecule has 2 aromatic rings. The second-order valence-electron chi connectivity index (χ2n) is 6.92. The van der Waals surface area contributed by atoms with Gasteiger partial charge in [-0.3, -0.25) is 9.69 Å². The quantitative estimate of drug-likeness (QED) is 0.819. The Morgan fingerprint density at radius 1 is 1.31 bits per heavy atom. The second-order valence-corrected chi connectivity index (χ2v) is 6.92. The Morgan fingerprint density at radius 3 is 2.65 bits per heavy atom. The highest BCUT2D eigenvalue weighted by atomic mass is 16.5. The molecule has 3 rings (SSSR count). The fourth-order valence-corrected chi connectivity index (χ4v) is 3.49. The van der Waals surface area contributed by atoms with Gasteiger partial charge in [0.25, 0.3) is 0 Å². The lowest BCUT2D eigenvalue weighted by Gasteiger charge is -2.34. The van der Waals surface area contributed by atoms with E-state index in [0.717, 1.165) is 16.5 Å². The molecule has 1 aliphatic rings. The molecule has 2 unspecified atom stereocenters. The Morgan fingerprint density at radius 2 is 2.00 bits per heavy atom. The summed E-state index contributed by atoms with van der Waals surface area (Å²) in [5.74, 6) is -0.679. The van der Waals surface area contributed by atoms with Crippen LogP contribution in [-0.4, -0.2) is 60.7 Å². The maximum atomic E-state index is 12.6. The van der Waals surface area contributed by atoms with E-state index in [0.29, 0.717) is 18.8 Å². The van der Waals surface area contributed by atoms with E-state index in [1.54, 1.807) is 0 Å². The highest BCUT2D eigenvalue weighted by molar-refractivity contribution is 6.11. The molecule has 1 amide bonds. The third-order valence-electron chi connectivity index (χ3n) is 4.47. The van der Waals surface area contributed by atoms with Crippen LogP contribution in [0, 0.1) is 6.92 Å². The Labute approximate surface area is 152 Å². The van der Waals surface area contributed by atoms with Gasteiger partial charge in [-0.1, -0.05) is 11.6 Å². The molecule has 0 saturated carbocycles. The molecule has 1 saturated heterocycles. The molecular formula is C19H25N3O4. The van der Waals surface area contributed by atoms with Crippen LogP contribution in [0.2, 0.25) is 0 Å². The number of carbonyl (C=O) groups excluding carboxylic acids is 2. The molecule has 1 aromatic heterocycles. The number of aromatic amines is 1. The highest BCUT2D eigenvalue weighted by Gasteiger charge is 2.25. The number of esters is 1. The molecule has 0 bridgehead atoms. The fraction of sp³-hybridized carbons (Fsp3) is 0.474. The van der Waals surface area contributed by atoms with E-state index in [1.165, 1.54) is 7.11 Å². The van der Waals surface area contributed by atoms with Crippen LogP contribution in [0.4, 0.5) is 5.69 Å².